The molecule has 0 radical (unpaired) electrons. The Morgan fingerprint density at radius 2 is 1.94 bits per heavy atom. The number of ether oxygens (including phenoxy) is 2. The van der Waals surface area contributed by atoms with Crippen molar-refractivity contribution in [3.8, 4) is 11.5 Å². The van der Waals surface area contributed by atoms with E-state index in [1.807, 2.05) is 18.3 Å². The number of methoxy groups -OCH3 is 2. The zero-order valence-electron chi connectivity index (χ0n) is 19.3. The lowest BCUT2D eigenvalue weighted by atomic mass is 10.2. The van der Waals surface area contributed by atoms with Gasteiger partial charge in [-0.05, 0) is 43.0 Å². The van der Waals surface area contributed by atoms with E-state index in [2.05, 4.69) is 32.7 Å². The second-order valence-corrected chi connectivity index (χ2v) is 8.02. The molecule has 0 spiro atoms. The largest absolute Gasteiger partial charge is 0.497 e. The lowest BCUT2D eigenvalue weighted by Crippen LogP contribution is -2.44. The molecule has 1 aromatic carbocycles. The molecule has 8 nitrogen and oxygen atoms in total. The summed E-state index contributed by atoms with van der Waals surface area (Å²) in [6.07, 6.45) is 4.81. The second-order valence-electron chi connectivity index (χ2n) is 8.02. The predicted octanol–water partition coefficient (Wildman–Crippen LogP) is 2.09. The molecule has 0 aliphatic carbocycles. The Kier molecular flexibility index (Phi) is 8.98. The molecule has 2 heterocycles. The van der Waals surface area contributed by atoms with Gasteiger partial charge < -0.3 is 24.7 Å². The normalized spacial score (nSPS) is 16.7. The highest BCUT2D eigenvalue weighted by Crippen LogP contribution is 2.24. The van der Waals surface area contributed by atoms with E-state index in [1.165, 1.54) is 5.56 Å². The molecule has 8 heteroatoms. The van der Waals surface area contributed by atoms with Crippen LogP contribution in [0, 0.1) is 0 Å². The van der Waals surface area contributed by atoms with Crippen molar-refractivity contribution in [1.29, 1.82) is 0 Å². The number of nitrogens with one attached hydrogen (secondary N) is 2. The first-order chi connectivity index (χ1) is 15.6. The van der Waals surface area contributed by atoms with Crippen molar-refractivity contribution in [1.82, 2.24) is 20.1 Å². The van der Waals surface area contributed by atoms with E-state index in [4.69, 9.17) is 9.47 Å². The summed E-state index contributed by atoms with van der Waals surface area (Å²) in [7, 11) is 5.15. The average Bonchev–Trinajstić information content (AvgIpc) is 3.25. The van der Waals surface area contributed by atoms with Crippen LogP contribution in [0.4, 0.5) is 0 Å². The fourth-order valence-corrected chi connectivity index (χ4v) is 3.96. The molecule has 32 heavy (non-hydrogen) atoms. The van der Waals surface area contributed by atoms with Crippen molar-refractivity contribution in [2.45, 2.75) is 38.4 Å². The molecule has 174 valence electrons. The summed E-state index contributed by atoms with van der Waals surface area (Å²) in [5, 5.41) is 6.93. The number of unbranched alkanes of at least 4 members (excludes halogenated alkanes) is 1. The highest BCUT2D eigenvalue weighted by Gasteiger charge is 2.23. The van der Waals surface area contributed by atoms with Crippen molar-refractivity contribution in [3.05, 3.63) is 58.5 Å². The first kappa shape index (κ1) is 23.7. The van der Waals surface area contributed by atoms with E-state index in [0.29, 0.717) is 6.04 Å². The second kappa shape index (κ2) is 12.1. The van der Waals surface area contributed by atoms with Gasteiger partial charge in [0.15, 0.2) is 5.96 Å². The number of guanidine groups is 1. The number of nitrogens with zero attached hydrogens (tertiary/aromatic N) is 3. The van der Waals surface area contributed by atoms with Gasteiger partial charge in [-0.15, -0.1) is 0 Å². The van der Waals surface area contributed by atoms with Gasteiger partial charge in [-0.1, -0.05) is 6.07 Å². The fourth-order valence-electron chi connectivity index (χ4n) is 3.96. The number of hydrogen-bond donors (Lipinski definition) is 2. The van der Waals surface area contributed by atoms with Crippen LogP contribution in [0.2, 0.25) is 0 Å². The number of aryl methyl sites for hydroxylation is 1. The number of aromatic nitrogens is 1. The Morgan fingerprint density at radius 3 is 2.62 bits per heavy atom. The number of likely N-dealkylation sites (tertiary alicyclic amines) is 1. The molecular weight excluding hydrogens is 406 g/mol. The third-order valence-electron chi connectivity index (χ3n) is 5.67. The summed E-state index contributed by atoms with van der Waals surface area (Å²) in [5.41, 5.74) is 1.23. The quantitative estimate of drug-likeness (QED) is 0.334. The van der Waals surface area contributed by atoms with E-state index in [0.717, 1.165) is 69.4 Å². The minimum atomic E-state index is 0.0520. The Balaban J connectivity index is 1.39. The first-order valence-corrected chi connectivity index (χ1v) is 11.2. The Hall–Kier alpha value is -3.00. The molecule has 0 bridgehead atoms. The highest BCUT2D eigenvalue weighted by atomic mass is 16.5. The topological polar surface area (TPSA) is 80.1 Å². The summed E-state index contributed by atoms with van der Waals surface area (Å²) >= 11 is 0. The first-order valence-electron chi connectivity index (χ1n) is 11.2. The third-order valence-corrected chi connectivity index (χ3v) is 5.67. The van der Waals surface area contributed by atoms with Crippen molar-refractivity contribution < 1.29 is 9.47 Å². The van der Waals surface area contributed by atoms with Crippen LogP contribution >= 0.6 is 0 Å². The van der Waals surface area contributed by atoms with Crippen LogP contribution in [0.1, 0.15) is 24.8 Å². The van der Waals surface area contributed by atoms with Crippen LogP contribution in [0.15, 0.2) is 52.4 Å². The number of hydrogen-bond acceptors (Lipinski definition) is 5. The van der Waals surface area contributed by atoms with Crippen molar-refractivity contribution >= 4 is 5.96 Å². The summed E-state index contributed by atoms with van der Waals surface area (Å²) < 4.78 is 12.5. The number of pyridine rings is 1. The van der Waals surface area contributed by atoms with E-state index in [-0.39, 0.29) is 5.56 Å². The molecule has 1 atom stereocenters. The molecule has 1 fully saturated rings. The molecule has 1 aliphatic heterocycles. The molecule has 2 N–H and O–H groups in total. The van der Waals surface area contributed by atoms with Gasteiger partial charge in [-0.3, -0.25) is 14.7 Å². The SMILES string of the molecule is CN=C(NCCCCn1ccccc1=O)NC1CCN(Cc2cc(OC)cc(OC)c2)C1. The van der Waals surface area contributed by atoms with Crippen LogP contribution in [0.25, 0.3) is 0 Å². The van der Waals surface area contributed by atoms with Gasteiger partial charge in [0.1, 0.15) is 11.5 Å². The van der Waals surface area contributed by atoms with Crippen molar-refractivity contribution in [2.24, 2.45) is 4.99 Å². The minimum absolute atomic E-state index is 0.0520. The molecule has 2 aromatic rings. The van der Waals surface area contributed by atoms with E-state index < -0.39 is 0 Å². The molecule has 0 saturated carbocycles. The van der Waals surface area contributed by atoms with Gasteiger partial charge >= 0.3 is 0 Å². The molecule has 3 rings (SSSR count). The average molecular weight is 442 g/mol. The zero-order valence-corrected chi connectivity index (χ0v) is 19.3. The lowest BCUT2D eigenvalue weighted by Gasteiger charge is -2.19. The fraction of sp³-hybridized carbons (Fsp3) is 0.500. The van der Waals surface area contributed by atoms with E-state index in [9.17, 15) is 4.79 Å². The maximum atomic E-state index is 11.7. The van der Waals surface area contributed by atoms with E-state index >= 15 is 0 Å². The van der Waals surface area contributed by atoms with Gasteiger partial charge in [-0.2, -0.15) is 0 Å². The molecule has 1 saturated heterocycles. The number of rotatable bonds is 10. The summed E-state index contributed by atoms with van der Waals surface area (Å²) in [5.74, 6) is 2.46. The monoisotopic (exact) mass is 441 g/mol. The zero-order chi connectivity index (χ0) is 22.8. The standard InChI is InChI=1S/C24H35N5O3/c1-25-24(26-10-5-7-12-29-11-6-4-8-23(29)30)27-20-9-13-28(18-20)17-19-14-21(31-2)16-22(15-19)32-3/h4,6,8,11,14-16,20H,5,7,9-10,12-13,17-18H2,1-3H3,(H2,25,26,27). The summed E-state index contributed by atoms with van der Waals surface area (Å²) in [6, 6.07) is 11.6. The maximum absolute atomic E-state index is 11.7. The van der Waals surface area contributed by atoms with Crippen LogP contribution in [-0.4, -0.2) is 62.4 Å². The third kappa shape index (κ3) is 7.02. The van der Waals surface area contributed by atoms with Crippen LogP contribution in [0.5, 0.6) is 11.5 Å². The summed E-state index contributed by atoms with van der Waals surface area (Å²) in [6.45, 7) is 4.40. The van der Waals surface area contributed by atoms with Gasteiger partial charge in [0.25, 0.3) is 0 Å². The Bertz CT molecular complexity index is 921. The van der Waals surface area contributed by atoms with Gasteiger partial charge in [0, 0.05) is 64.1 Å². The molecular formula is C24H35N5O3. The lowest BCUT2D eigenvalue weighted by molar-refractivity contribution is 0.321. The van der Waals surface area contributed by atoms with Crippen molar-refractivity contribution in [2.75, 3.05) is 40.9 Å². The van der Waals surface area contributed by atoms with Gasteiger partial charge in [0.2, 0.25) is 5.56 Å². The predicted molar refractivity (Wildman–Crippen MR) is 128 cm³/mol. The van der Waals surface area contributed by atoms with E-state index in [1.54, 1.807) is 38.0 Å². The molecule has 0 amide bonds. The van der Waals surface area contributed by atoms with Crippen molar-refractivity contribution in [3.63, 3.8) is 0 Å². The van der Waals surface area contributed by atoms with Crippen LogP contribution < -0.4 is 25.7 Å². The maximum Gasteiger partial charge on any atom is 0.250 e. The Labute approximate surface area is 190 Å². The smallest absolute Gasteiger partial charge is 0.250 e. The highest BCUT2D eigenvalue weighted by molar-refractivity contribution is 5.79. The molecule has 1 aliphatic rings. The number of benzene rings is 1. The summed E-state index contributed by atoms with van der Waals surface area (Å²) in [4.78, 5) is 18.5. The van der Waals surface area contributed by atoms with Crippen LogP contribution in [0.3, 0.4) is 0 Å². The number of aliphatic imine (C=N–C) groups is 1. The Morgan fingerprint density at radius 1 is 1.16 bits per heavy atom. The van der Waals surface area contributed by atoms with Gasteiger partial charge in [0.05, 0.1) is 14.2 Å². The minimum Gasteiger partial charge on any atom is -0.497 e. The molecule has 1 aromatic heterocycles. The van der Waals surface area contributed by atoms with Crippen LogP contribution in [-0.2, 0) is 13.1 Å². The molecule has 1 unspecified atom stereocenters. The van der Waals surface area contributed by atoms with Gasteiger partial charge in [-0.25, -0.2) is 0 Å².